The zero-order valence-corrected chi connectivity index (χ0v) is 29.1. The third kappa shape index (κ3) is 8.43. The number of hydrogen-bond donors (Lipinski definition) is 1. The van der Waals surface area contributed by atoms with Gasteiger partial charge in [-0.05, 0) is 73.1 Å². The average Bonchev–Trinajstić information content (AvgIpc) is 3.02. The van der Waals surface area contributed by atoms with Gasteiger partial charge < -0.3 is 14.8 Å². The van der Waals surface area contributed by atoms with Gasteiger partial charge in [-0.3, -0.25) is 0 Å². The molecule has 1 aliphatic heterocycles. The number of hydrogen-bond acceptors (Lipinski definition) is 5. The molecule has 0 radical (unpaired) electrons. The molecule has 1 aliphatic rings. The number of esters is 2. The molecule has 2 atom stereocenters. The molecule has 1 N–H and O–H groups in total. The molecule has 5 nitrogen and oxygen atoms in total. The first-order valence-electron chi connectivity index (χ1n) is 16.1. The second-order valence-corrected chi connectivity index (χ2v) is 13.4. The zero-order chi connectivity index (χ0) is 33.4. The Balaban J connectivity index is 1.58. The summed E-state index contributed by atoms with van der Waals surface area (Å²) in [4.78, 5) is 27.8. The van der Waals surface area contributed by atoms with Crippen LogP contribution in [0.2, 0.25) is 10.0 Å². The number of carbonyl (C=O) groups is 2. The molecule has 46 heavy (non-hydrogen) atoms. The van der Waals surface area contributed by atoms with Crippen molar-refractivity contribution in [1.82, 2.24) is 5.32 Å². The molecule has 4 rings (SSSR count). The maximum atomic E-state index is 13.9. The minimum Gasteiger partial charge on any atom is -0.462 e. The van der Waals surface area contributed by atoms with Crippen molar-refractivity contribution in [2.45, 2.75) is 72.1 Å². The number of dihydropyridines is 1. The van der Waals surface area contributed by atoms with Crippen molar-refractivity contribution >= 4 is 35.1 Å². The minimum atomic E-state index is -0.822. The lowest BCUT2D eigenvalue weighted by molar-refractivity contribution is -0.140. The molecule has 0 aromatic heterocycles. The van der Waals surface area contributed by atoms with E-state index < -0.39 is 17.9 Å². The summed E-state index contributed by atoms with van der Waals surface area (Å²) in [5, 5.41) is 3.85. The molecule has 3 aromatic carbocycles. The highest BCUT2D eigenvalue weighted by atomic mass is 35.5. The summed E-state index contributed by atoms with van der Waals surface area (Å²) < 4.78 is 11.9. The minimum absolute atomic E-state index is 0.224. The average molecular weight is 663 g/mol. The van der Waals surface area contributed by atoms with Crippen molar-refractivity contribution < 1.29 is 19.1 Å². The van der Waals surface area contributed by atoms with Gasteiger partial charge in [0.1, 0.15) is 0 Å². The van der Waals surface area contributed by atoms with Crippen molar-refractivity contribution in [3.8, 4) is 0 Å². The van der Waals surface area contributed by atoms with Crippen LogP contribution in [0.4, 0.5) is 0 Å². The molecule has 0 saturated heterocycles. The lowest BCUT2D eigenvalue weighted by Crippen LogP contribution is -2.33. The fourth-order valence-electron chi connectivity index (χ4n) is 6.47. The summed E-state index contributed by atoms with van der Waals surface area (Å²) in [5.41, 5.74) is 4.77. The van der Waals surface area contributed by atoms with E-state index in [-0.39, 0.29) is 30.1 Å². The molecule has 2 unspecified atom stereocenters. The molecule has 3 aromatic rings. The van der Waals surface area contributed by atoms with Gasteiger partial charge in [0.2, 0.25) is 0 Å². The molecule has 0 amide bonds. The summed E-state index contributed by atoms with van der Waals surface area (Å²) in [6.07, 6.45) is 1.33. The summed E-state index contributed by atoms with van der Waals surface area (Å²) >= 11 is 13.2. The zero-order valence-electron chi connectivity index (χ0n) is 27.6. The fraction of sp³-hybridized carbons (Fsp3) is 0.385. The van der Waals surface area contributed by atoms with Crippen LogP contribution in [0.1, 0.15) is 88.8 Å². The summed E-state index contributed by atoms with van der Waals surface area (Å²) in [6, 6.07) is 25.8. The standard InChI is InChI=1S/C39H45Cl2NO4/c1-24(2)30(28-14-9-7-10-15-28)20-22-45-38(43)34-26(5)42-27(6)35(36(34)32-18-13-19-33(40)37(32)41)39(44)46-23-21-31(25(3)4)29-16-11-8-12-17-29/h7-19,24-25,30-31,36,42H,20-23H2,1-6H3. The van der Waals surface area contributed by atoms with Gasteiger partial charge in [-0.15, -0.1) is 0 Å². The van der Waals surface area contributed by atoms with E-state index in [9.17, 15) is 9.59 Å². The molecule has 244 valence electrons. The van der Waals surface area contributed by atoms with Gasteiger partial charge in [0.15, 0.2) is 0 Å². The monoisotopic (exact) mass is 661 g/mol. The topological polar surface area (TPSA) is 64.6 Å². The third-order valence-corrected chi connectivity index (χ3v) is 9.72. The SMILES string of the molecule is CC1=C(C(=O)OCCC(c2ccccc2)C(C)C)C(c2cccc(Cl)c2Cl)C(C(=O)OCCC(c2ccccc2)C(C)C)=C(C)N1. The van der Waals surface area contributed by atoms with E-state index in [2.05, 4.69) is 57.3 Å². The number of nitrogens with one attached hydrogen (secondary N) is 1. The van der Waals surface area contributed by atoms with E-state index in [1.165, 1.54) is 11.1 Å². The van der Waals surface area contributed by atoms with Crippen LogP contribution < -0.4 is 5.32 Å². The normalized spacial score (nSPS) is 16.3. The smallest absolute Gasteiger partial charge is 0.336 e. The largest absolute Gasteiger partial charge is 0.462 e. The highest BCUT2D eigenvalue weighted by molar-refractivity contribution is 6.42. The number of carbonyl (C=O) groups excluding carboxylic acids is 2. The summed E-state index contributed by atoms with van der Waals surface area (Å²) in [6.45, 7) is 12.7. The van der Waals surface area contributed by atoms with Gasteiger partial charge in [0, 0.05) is 11.4 Å². The molecule has 1 heterocycles. The van der Waals surface area contributed by atoms with Gasteiger partial charge in [0.25, 0.3) is 0 Å². The Kier molecular flexibility index (Phi) is 12.5. The Morgan fingerprint density at radius 1 is 0.674 bits per heavy atom. The number of ether oxygens (including phenoxy) is 2. The van der Waals surface area contributed by atoms with Crippen molar-refractivity contribution in [2.75, 3.05) is 13.2 Å². The molecular weight excluding hydrogens is 617 g/mol. The highest BCUT2D eigenvalue weighted by Crippen LogP contribution is 2.44. The fourth-order valence-corrected chi connectivity index (χ4v) is 6.89. The Hall–Kier alpha value is -3.54. The van der Waals surface area contributed by atoms with Crippen molar-refractivity contribution in [2.24, 2.45) is 11.8 Å². The van der Waals surface area contributed by atoms with Gasteiger partial charge >= 0.3 is 11.9 Å². The number of allylic oxidation sites excluding steroid dienone is 2. The Labute approximate surface area is 284 Å². The van der Waals surface area contributed by atoms with Crippen LogP contribution in [0.5, 0.6) is 0 Å². The van der Waals surface area contributed by atoms with Gasteiger partial charge in [-0.25, -0.2) is 9.59 Å². The van der Waals surface area contributed by atoms with Crippen LogP contribution in [0.3, 0.4) is 0 Å². The van der Waals surface area contributed by atoms with Crippen molar-refractivity contribution in [3.05, 3.63) is 128 Å². The van der Waals surface area contributed by atoms with Crippen molar-refractivity contribution in [3.63, 3.8) is 0 Å². The first-order chi connectivity index (χ1) is 22.0. The number of benzene rings is 3. The lowest BCUT2D eigenvalue weighted by atomic mass is 9.80. The van der Waals surface area contributed by atoms with Gasteiger partial charge in [0.05, 0.1) is 40.3 Å². The lowest BCUT2D eigenvalue weighted by Gasteiger charge is -2.31. The van der Waals surface area contributed by atoms with E-state index in [0.29, 0.717) is 57.8 Å². The van der Waals surface area contributed by atoms with Crippen LogP contribution in [-0.4, -0.2) is 25.2 Å². The van der Waals surface area contributed by atoms with E-state index >= 15 is 0 Å². The second-order valence-electron chi connectivity index (χ2n) is 12.6. The maximum absolute atomic E-state index is 13.9. The van der Waals surface area contributed by atoms with Crippen LogP contribution in [0, 0.1) is 11.8 Å². The molecular formula is C39H45Cl2NO4. The van der Waals surface area contributed by atoms with E-state index in [4.69, 9.17) is 32.7 Å². The van der Waals surface area contributed by atoms with Gasteiger partial charge in [-0.1, -0.05) is 124 Å². The molecule has 0 saturated carbocycles. The van der Waals surface area contributed by atoms with Crippen LogP contribution >= 0.6 is 23.2 Å². The highest BCUT2D eigenvalue weighted by Gasteiger charge is 2.39. The van der Waals surface area contributed by atoms with Crippen LogP contribution in [0.15, 0.2) is 101 Å². The Morgan fingerprint density at radius 3 is 1.52 bits per heavy atom. The van der Waals surface area contributed by atoms with Gasteiger partial charge in [-0.2, -0.15) is 0 Å². The van der Waals surface area contributed by atoms with Crippen molar-refractivity contribution in [1.29, 1.82) is 0 Å². The predicted octanol–water partition coefficient (Wildman–Crippen LogP) is 9.97. The first-order valence-corrected chi connectivity index (χ1v) is 16.8. The Morgan fingerprint density at radius 2 is 1.11 bits per heavy atom. The van der Waals surface area contributed by atoms with E-state index in [1.54, 1.807) is 18.2 Å². The van der Waals surface area contributed by atoms with Crippen LogP contribution in [-0.2, 0) is 19.1 Å². The maximum Gasteiger partial charge on any atom is 0.336 e. The summed E-state index contributed by atoms with van der Waals surface area (Å²) in [7, 11) is 0. The summed E-state index contributed by atoms with van der Waals surface area (Å²) in [5.74, 6) is -0.666. The molecule has 0 bridgehead atoms. The van der Waals surface area contributed by atoms with E-state index in [1.807, 2.05) is 50.2 Å². The molecule has 7 heteroatoms. The third-order valence-electron chi connectivity index (χ3n) is 8.88. The van der Waals surface area contributed by atoms with Crippen LogP contribution in [0.25, 0.3) is 0 Å². The quantitative estimate of drug-likeness (QED) is 0.185. The molecule has 0 fully saturated rings. The number of halogens is 2. The van der Waals surface area contributed by atoms with E-state index in [0.717, 1.165) is 0 Å². The first kappa shape index (κ1) is 35.3. The predicted molar refractivity (Wildman–Crippen MR) is 187 cm³/mol. The second kappa shape index (κ2) is 16.3. The molecule has 0 aliphatic carbocycles. The molecule has 0 spiro atoms. The number of rotatable bonds is 13. The Bertz CT molecular complexity index is 1470.